The number of thioether (sulfide) groups is 1. The van der Waals surface area contributed by atoms with Gasteiger partial charge in [0.25, 0.3) is 0 Å². The molecular weight excluding hydrogens is 402 g/mol. The third kappa shape index (κ3) is 6.31. The van der Waals surface area contributed by atoms with Gasteiger partial charge in [0, 0.05) is 11.5 Å². The number of anilines is 2. The van der Waals surface area contributed by atoms with Crippen LogP contribution < -0.4 is 10.6 Å². The summed E-state index contributed by atoms with van der Waals surface area (Å²) in [6.45, 7) is 4.16. The van der Waals surface area contributed by atoms with Crippen molar-refractivity contribution in [3.05, 3.63) is 35.5 Å². The molecule has 0 saturated heterocycles. The Morgan fingerprint density at radius 3 is 2.76 bits per heavy atom. The van der Waals surface area contributed by atoms with Crippen LogP contribution in [-0.4, -0.2) is 22.6 Å². The Morgan fingerprint density at radius 1 is 1.21 bits per heavy atom. The van der Waals surface area contributed by atoms with E-state index in [1.807, 2.05) is 25.1 Å². The molecule has 1 aliphatic rings. The summed E-state index contributed by atoms with van der Waals surface area (Å²) < 4.78 is 1.10. The average Bonchev–Trinajstić information content (AvgIpc) is 3.38. The third-order valence-electron chi connectivity index (χ3n) is 5.11. The number of hydrogen-bond donors (Lipinski definition) is 2. The fraction of sp³-hybridized carbons (Fsp3) is 0.500. The molecule has 1 saturated carbocycles. The molecule has 2 amide bonds. The highest BCUT2D eigenvalue weighted by Gasteiger charge is 2.26. The Kier molecular flexibility index (Phi) is 8.12. The second kappa shape index (κ2) is 10.8. The highest BCUT2D eigenvalue weighted by Crippen LogP contribution is 2.32. The lowest BCUT2D eigenvalue weighted by Crippen LogP contribution is -2.22. The standard InChI is InChI=1S/C22H29N3O2S2/c1-3-4-7-12-28-19-14-23-22(29-19)25-21(27)24-18-11-10-15(2)13-17(18)20(26)16-8-5-6-9-16/h10-11,13-14,16H,3-9,12H2,1-2H3,(H2,23,24,25,27). The van der Waals surface area contributed by atoms with E-state index in [-0.39, 0.29) is 17.7 Å². The first kappa shape index (κ1) is 21.8. The number of nitrogens with one attached hydrogen (secondary N) is 2. The Hall–Kier alpha value is -1.86. The lowest BCUT2D eigenvalue weighted by Gasteiger charge is -2.14. The summed E-state index contributed by atoms with van der Waals surface area (Å²) >= 11 is 3.25. The van der Waals surface area contributed by atoms with Gasteiger partial charge in [-0.3, -0.25) is 10.1 Å². The summed E-state index contributed by atoms with van der Waals surface area (Å²) in [5.74, 6) is 1.28. The van der Waals surface area contributed by atoms with Gasteiger partial charge in [-0.25, -0.2) is 9.78 Å². The number of aryl methyl sites for hydroxylation is 1. The van der Waals surface area contributed by atoms with Crippen LogP contribution in [0.25, 0.3) is 0 Å². The minimum Gasteiger partial charge on any atom is -0.307 e. The van der Waals surface area contributed by atoms with Crippen LogP contribution in [0, 0.1) is 12.8 Å². The maximum atomic E-state index is 12.9. The molecule has 2 aromatic rings. The van der Waals surface area contributed by atoms with Gasteiger partial charge in [0.2, 0.25) is 0 Å². The Morgan fingerprint density at radius 2 is 2.00 bits per heavy atom. The highest BCUT2D eigenvalue weighted by molar-refractivity contribution is 8.01. The highest BCUT2D eigenvalue weighted by atomic mass is 32.2. The molecular formula is C22H29N3O2S2. The molecule has 7 heteroatoms. The molecule has 5 nitrogen and oxygen atoms in total. The van der Waals surface area contributed by atoms with Gasteiger partial charge in [-0.05, 0) is 44.1 Å². The van der Waals surface area contributed by atoms with Gasteiger partial charge in [0.15, 0.2) is 10.9 Å². The topological polar surface area (TPSA) is 71.1 Å². The summed E-state index contributed by atoms with van der Waals surface area (Å²) in [6.07, 6.45) is 9.53. The largest absolute Gasteiger partial charge is 0.325 e. The summed E-state index contributed by atoms with van der Waals surface area (Å²) in [6, 6.07) is 5.24. The molecule has 0 spiro atoms. The lowest BCUT2D eigenvalue weighted by atomic mass is 9.94. The van der Waals surface area contributed by atoms with Gasteiger partial charge in [0.05, 0.1) is 16.1 Å². The Balaban J connectivity index is 1.60. The second-order valence-electron chi connectivity index (χ2n) is 7.51. The SMILES string of the molecule is CCCCCSc1cnc(NC(=O)Nc2ccc(C)cc2C(=O)C2CCCC2)s1. The van der Waals surface area contributed by atoms with Crippen LogP contribution in [0.4, 0.5) is 15.6 Å². The van der Waals surface area contributed by atoms with Gasteiger partial charge in [-0.15, -0.1) is 11.8 Å². The van der Waals surface area contributed by atoms with Crippen molar-refractivity contribution in [2.75, 3.05) is 16.4 Å². The molecule has 1 aliphatic carbocycles. The number of thiazole rings is 1. The average molecular weight is 432 g/mol. The van der Waals surface area contributed by atoms with Crippen molar-refractivity contribution in [2.24, 2.45) is 5.92 Å². The second-order valence-corrected chi connectivity index (χ2v) is 9.94. The van der Waals surface area contributed by atoms with E-state index in [1.165, 1.54) is 30.6 Å². The molecule has 0 radical (unpaired) electrons. The normalized spacial score (nSPS) is 14.1. The van der Waals surface area contributed by atoms with Gasteiger partial charge in [-0.1, -0.05) is 55.6 Å². The van der Waals surface area contributed by atoms with E-state index in [2.05, 4.69) is 22.5 Å². The van der Waals surface area contributed by atoms with Crippen molar-refractivity contribution in [3.63, 3.8) is 0 Å². The van der Waals surface area contributed by atoms with Crippen molar-refractivity contribution in [3.8, 4) is 0 Å². The Labute approximate surface area is 181 Å². The molecule has 156 valence electrons. The first-order valence-electron chi connectivity index (χ1n) is 10.4. The van der Waals surface area contributed by atoms with E-state index in [9.17, 15) is 9.59 Å². The summed E-state index contributed by atoms with van der Waals surface area (Å²) in [4.78, 5) is 29.7. The van der Waals surface area contributed by atoms with Crippen molar-refractivity contribution in [1.29, 1.82) is 0 Å². The molecule has 0 bridgehead atoms. The quantitative estimate of drug-likeness (QED) is 0.262. The fourth-order valence-electron chi connectivity index (χ4n) is 3.54. The minimum absolute atomic E-state index is 0.0756. The van der Waals surface area contributed by atoms with Crippen LogP contribution in [0.5, 0.6) is 0 Å². The van der Waals surface area contributed by atoms with Crippen LogP contribution in [-0.2, 0) is 0 Å². The molecule has 0 aliphatic heterocycles. The van der Waals surface area contributed by atoms with E-state index in [4.69, 9.17) is 0 Å². The molecule has 1 heterocycles. The molecule has 1 fully saturated rings. The number of unbranched alkanes of at least 4 members (excludes halogenated alkanes) is 2. The summed E-state index contributed by atoms with van der Waals surface area (Å²) in [7, 11) is 0. The van der Waals surface area contributed by atoms with E-state index in [0.717, 1.165) is 41.2 Å². The van der Waals surface area contributed by atoms with Crippen LogP contribution in [0.2, 0.25) is 0 Å². The third-order valence-corrected chi connectivity index (χ3v) is 7.31. The molecule has 0 unspecified atom stereocenters. The molecule has 1 aromatic carbocycles. The number of urea groups is 1. The summed E-state index contributed by atoms with van der Waals surface area (Å²) in [5.41, 5.74) is 2.19. The maximum absolute atomic E-state index is 12.9. The number of rotatable bonds is 9. The van der Waals surface area contributed by atoms with E-state index >= 15 is 0 Å². The van der Waals surface area contributed by atoms with Gasteiger partial charge in [0.1, 0.15) is 0 Å². The number of benzene rings is 1. The predicted molar refractivity (Wildman–Crippen MR) is 122 cm³/mol. The van der Waals surface area contributed by atoms with Crippen molar-refractivity contribution in [2.45, 2.75) is 63.0 Å². The molecule has 0 atom stereocenters. The number of carbonyl (C=O) groups excluding carboxylic acids is 2. The number of nitrogens with zero attached hydrogens (tertiary/aromatic N) is 1. The molecule has 1 aromatic heterocycles. The van der Waals surface area contributed by atoms with Crippen molar-refractivity contribution < 1.29 is 9.59 Å². The predicted octanol–water partition coefficient (Wildman–Crippen LogP) is 6.75. The Bertz CT molecular complexity index is 844. The fourth-order valence-corrected chi connectivity index (χ4v) is 5.48. The number of amides is 2. The number of Topliss-reactive ketones (excluding diaryl/α,β-unsaturated/α-hetero) is 1. The van der Waals surface area contributed by atoms with Gasteiger partial charge >= 0.3 is 6.03 Å². The van der Waals surface area contributed by atoms with E-state index in [1.54, 1.807) is 18.0 Å². The van der Waals surface area contributed by atoms with Crippen molar-refractivity contribution in [1.82, 2.24) is 4.98 Å². The molecule has 29 heavy (non-hydrogen) atoms. The zero-order valence-corrected chi connectivity index (χ0v) is 18.8. The lowest BCUT2D eigenvalue weighted by molar-refractivity contribution is 0.0923. The van der Waals surface area contributed by atoms with Gasteiger partial charge < -0.3 is 5.32 Å². The van der Waals surface area contributed by atoms with Crippen LogP contribution in [0.3, 0.4) is 0 Å². The van der Waals surface area contributed by atoms with Crippen LogP contribution in [0.15, 0.2) is 28.6 Å². The van der Waals surface area contributed by atoms with Crippen LogP contribution in [0.1, 0.15) is 67.8 Å². The smallest absolute Gasteiger partial charge is 0.307 e. The molecule has 3 rings (SSSR count). The monoisotopic (exact) mass is 431 g/mol. The van der Waals surface area contributed by atoms with Crippen molar-refractivity contribution >= 4 is 45.7 Å². The zero-order chi connectivity index (χ0) is 20.6. The minimum atomic E-state index is -0.369. The van der Waals surface area contributed by atoms with Crippen LogP contribution >= 0.6 is 23.1 Å². The molecule has 2 N–H and O–H groups in total. The number of carbonyl (C=O) groups is 2. The maximum Gasteiger partial charge on any atom is 0.325 e. The number of aromatic nitrogens is 1. The first-order chi connectivity index (χ1) is 14.1. The van der Waals surface area contributed by atoms with E-state index in [0.29, 0.717) is 16.4 Å². The van der Waals surface area contributed by atoms with Gasteiger partial charge in [-0.2, -0.15) is 0 Å². The number of ketones is 1. The number of hydrogen-bond acceptors (Lipinski definition) is 5. The van der Waals surface area contributed by atoms with E-state index < -0.39 is 0 Å². The summed E-state index contributed by atoms with van der Waals surface area (Å²) in [5, 5.41) is 6.21. The zero-order valence-electron chi connectivity index (χ0n) is 17.1. The first-order valence-corrected chi connectivity index (χ1v) is 12.2.